The lowest BCUT2D eigenvalue weighted by Gasteiger charge is -2.27. The molecule has 0 amide bonds. The Balaban J connectivity index is 2.82. The van der Waals surface area contributed by atoms with Gasteiger partial charge in [0, 0.05) is 19.8 Å². The Labute approximate surface area is 100 Å². The Kier molecular flexibility index (Phi) is 5.73. The maximum atomic E-state index is 5.48. The van der Waals surface area contributed by atoms with Gasteiger partial charge in [0.2, 0.25) is 0 Å². The smallest absolute Gasteiger partial charge is 0.324 e. The maximum Gasteiger partial charge on any atom is 0.324 e. The molecule has 0 N–H and O–H groups in total. The predicted octanol–water partition coefficient (Wildman–Crippen LogP) is 3.08. The van der Waals surface area contributed by atoms with E-state index in [1.165, 1.54) is 5.56 Å². The van der Waals surface area contributed by atoms with Gasteiger partial charge in [-0.05, 0) is 17.9 Å². The largest absolute Gasteiger partial charge is 0.400 e. The van der Waals surface area contributed by atoms with Crippen LogP contribution in [-0.4, -0.2) is 23.5 Å². The van der Waals surface area contributed by atoms with Gasteiger partial charge in [-0.3, -0.25) is 0 Å². The van der Waals surface area contributed by atoms with Gasteiger partial charge in [-0.15, -0.1) is 0 Å². The first-order valence-corrected chi connectivity index (χ1v) is 7.46. The van der Waals surface area contributed by atoms with Gasteiger partial charge in [0.1, 0.15) is 0 Å². The minimum Gasteiger partial charge on any atom is -0.400 e. The molecule has 0 saturated heterocycles. The van der Waals surface area contributed by atoms with Crippen LogP contribution in [0.3, 0.4) is 0 Å². The van der Waals surface area contributed by atoms with Crippen LogP contribution in [0.1, 0.15) is 31.7 Å². The molecule has 0 bridgehead atoms. The minimum absolute atomic E-state index is 0.488. The van der Waals surface area contributed by atoms with Crippen LogP contribution < -0.4 is 0 Å². The fraction of sp³-hybridized carbons (Fsp3) is 0.538. The number of benzene rings is 1. The second-order valence-corrected chi connectivity index (χ2v) is 6.86. The Hall–Kier alpha value is -0.643. The molecule has 0 fully saturated rings. The zero-order valence-electron chi connectivity index (χ0n) is 10.6. The molecule has 1 aromatic rings. The Bertz CT molecular complexity index is 285. The van der Waals surface area contributed by atoms with Crippen molar-refractivity contribution in [2.75, 3.05) is 14.2 Å². The summed E-state index contributed by atoms with van der Waals surface area (Å²) in [5, 5.41) is 0. The molecule has 0 radical (unpaired) electrons. The van der Waals surface area contributed by atoms with E-state index in [0.717, 1.165) is 6.42 Å². The highest BCUT2D eigenvalue weighted by Gasteiger charge is 2.28. The van der Waals surface area contributed by atoms with E-state index in [4.69, 9.17) is 8.85 Å². The summed E-state index contributed by atoms with van der Waals surface area (Å²) < 4.78 is 11.0. The van der Waals surface area contributed by atoms with Crippen LogP contribution in [0.4, 0.5) is 0 Å². The van der Waals surface area contributed by atoms with Gasteiger partial charge in [0.25, 0.3) is 0 Å². The monoisotopic (exact) mass is 238 g/mol. The zero-order valence-corrected chi connectivity index (χ0v) is 11.8. The van der Waals surface area contributed by atoms with E-state index in [-0.39, 0.29) is 0 Å². The molecular weight excluding hydrogens is 216 g/mol. The van der Waals surface area contributed by atoms with Crippen molar-refractivity contribution in [3.63, 3.8) is 0 Å². The molecule has 0 aliphatic carbocycles. The van der Waals surface area contributed by atoms with E-state index in [1.54, 1.807) is 14.2 Å². The van der Waals surface area contributed by atoms with Crippen LogP contribution in [0.2, 0.25) is 5.54 Å². The van der Waals surface area contributed by atoms with Gasteiger partial charge < -0.3 is 8.85 Å². The zero-order chi connectivity index (χ0) is 12.0. The third kappa shape index (κ3) is 3.17. The number of hydrogen-bond acceptors (Lipinski definition) is 2. The van der Waals surface area contributed by atoms with Crippen LogP contribution in [0.15, 0.2) is 30.3 Å². The highest BCUT2D eigenvalue weighted by Crippen LogP contribution is 2.34. The van der Waals surface area contributed by atoms with Crippen LogP contribution in [0.5, 0.6) is 0 Å². The molecule has 0 aliphatic rings. The Morgan fingerprint density at radius 1 is 1.12 bits per heavy atom. The summed E-state index contributed by atoms with van der Waals surface area (Å²) >= 11 is 0. The van der Waals surface area contributed by atoms with E-state index >= 15 is 0 Å². The van der Waals surface area contributed by atoms with Crippen molar-refractivity contribution in [1.82, 2.24) is 0 Å². The molecule has 0 aliphatic heterocycles. The average Bonchev–Trinajstić information content (AvgIpc) is 2.33. The van der Waals surface area contributed by atoms with Crippen LogP contribution >= 0.6 is 0 Å². The summed E-state index contributed by atoms with van der Waals surface area (Å²) in [4.78, 5) is 0. The number of rotatable bonds is 6. The van der Waals surface area contributed by atoms with E-state index in [9.17, 15) is 0 Å². The Morgan fingerprint density at radius 2 is 1.69 bits per heavy atom. The molecule has 0 aromatic heterocycles. The van der Waals surface area contributed by atoms with Gasteiger partial charge in [-0.25, -0.2) is 0 Å². The molecule has 1 rings (SSSR count). The minimum atomic E-state index is -1.53. The van der Waals surface area contributed by atoms with E-state index in [2.05, 4.69) is 44.2 Å². The topological polar surface area (TPSA) is 18.5 Å². The summed E-state index contributed by atoms with van der Waals surface area (Å²) in [5.74, 6) is 0.540. The molecule has 1 aromatic carbocycles. The van der Waals surface area contributed by atoms with Crippen molar-refractivity contribution in [3.05, 3.63) is 35.9 Å². The lowest BCUT2D eigenvalue weighted by molar-refractivity contribution is 0.260. The molecule has 0 saturated carbocycles. The first kappa shape index (κ1) is 13.4. The molecule has 90 valence electrons. The Morgan fingerprint density at radius 3 is 2.12 bits per heavy atom. The molecular formula is C13H22O2Si. The highest BCUT2D eigenvalue weighted by atomic mass is 28.3. The highest BCUT2D eigenvalue weighted by molar-refractivity contribution is 6.46. The van der Waals surface area contributed by atoms with Crippen LogP contribution in [-0.2, 0) is 8.85 Å². The summed E-state index contributed by atoms with van der Waals surface area (Å²) in [6.07, 6.45) is 1.13. The van der Waals surface area contributed by atoms with Crippen molar-refractivity contribution in [2.24, 2.45) is 0 Å². The van der Waals surface area contributed by atoms with Gasteiger partial charge in [-0.2, -0.15) is 0 Å². The first-order valence-electron chi connectivity index (χ1n) is 5.85. The van der Waals surface area contributed by atoms with Crippen molar-refractivity contribution >= 4 is 9.28 Å². The molecule has 2 nitrogen and oxygen atoms in total. The second kappa shape index (κ2) is 6.84. The molecule has 0 spiro atoms. The molecule has 16 heavy (non-hydrogen) atoms. The normalized spacial score (nSPS) is 15.1. The van der Waals surface area contributed by atoms with E-state index in [1.807, 2.05) is 0 Å². The van der Waals surface area contributed by atoms with Crippen molar-refractivity contribution in [3.8, 4) is 0 Å². The van der Waals surface area contributed by atoms with Crippen molar-refractivity contribution in [2.45, 2.75) is 31.7 Å². The predicted molar refractivity (Wildman–Crippen MR) is 70.1 cm³/mol. The lowest BCUT2D eigenvalue weighted by atomic mass is 9.94. The standard InChI is InChI=1S/C13H22O2Si/c1-5-13(11(2)16(14-3)15-4)12-9-7-6-8-10-12/h6-11,13,16H,5H2,1-4H3. The van der Waals surface area contributed by atoms with Crippen molar-refractivity contribution in [1.29, 1.82) is 0 Å². The average molecular weight is 238 g/mol. The summed E-state index contributed by atoms with van der Waals surface area (Å²) in [6.45, 7) is 4.47. The van der Waals surface area contributed by atoms with Crippen LogP contribution in [0, 0.1) is 0 Å². The fourth-order valence-electron chi connectivity index (χ4n) is 2.33. The van der Waals surface area contributed by atoms with E-state index in [0.29, 0.717) is 11.5 Å². The van der Waals surface area contributed by atoms with Crippen molar-refractivity contribution < 1.29 is 8.85 Å². The number of hydrogen-bond donors (Lipinski definition) is 0. The molecule has 0 heterocycles. The second-order valence-electron chi connectivity index (χ2n) is 4.12. The summed E-state index contributed by atoms with van der Waals surface area (Å²) in [7, 11) is 1.99. The summed E-state index contributed by atoms with van der Waals surface area (Å²) in [5.41, 5.74) is 1.88. The van der Waals surface area contributed by atoms with Gasteiger partial charge >= 0.3 is 9.28 Å². The molecule has 3 heteroatoms. The molecule has 2 atom stereocenters. The van der Waals surface area contributed by atoms with E-state index < -0.39 is 9.28 Å². The summed E-state index contributed by atoms with van der Waals surface area (Å²) in [6, 6.07) is 10.6. The third-order valence-corrected chi connectivity index (χ3v) is 5.45. The van der Waals surface area contributed by atoms with Gasteiger partial charge in [0.15, 0.2) is 0 Å². The third-order valence-electron chi connectivity index (χ3n) is 3.20. The SMILES string of the molecule is CCC(c1ccccc1)C(C)[SiH](OC)OC. The lowest BCUT2D eigenvalue weighted by Crippen LogP contribution is -2.28. The maximum absolute atomic E-state index is 5.48. The quantitative estimate of drug-likeness (QED) is 0.709. The first-order chi connectivity index (χ1) is 7.74. The fourth-order valence-corrected chi connectivity index (χ4v) is 4.25. The molecule has 2 unspecified atom stereocenters. The van der Waals surface area contributed by atoms with Gasteiger partial charge in [-0.1, -0.05) is 44.2 Å². The van der Waals surface area contributed by atoms with Crippen LogP contribution in [0.25, 0.3) is 0 Å². The van der Waals surface area contributed by atoms with Gasteiger partial charge in [0.05, 0.1) is 0 Å².